The molecular weight excluding hydrogens is 222 g/mol. The molecule has 0 bridgehead atoms. The Bertz CT molecular complexity index is 402. The van der Waals surface area contributed by atoms with Crippen LogP contribution in [-0.2, 0) is 4.79 Å². The lowest BCUT2D eigenvalue weighted by molar-refractivity contribution is -0.125. The van der Waals surface area contributed by atoms with Crippen molar-refractivity contribution in [2.24, 2.45) is 0 Å². The molecule has 0 aliphatic heterocycles. The summed E-state index contributed by atoms with van der Waals surface area (Å²) in [5, 5.41) is 0. The van der Waals surface area contributed by atoms with Crippen LogP contribution in [0.3, 0.4) is 0 Å². The fourth-order valence-electron chi connectivity index (χ4n) is 1.08. The Hall–Kier alpha value is -1.29. The summed E-state index contributed by atoms with van der Waals surface area (Å²) >= 11 is 1.44. The summed E-state index contributed by atoms with van der Waals surface area (Å²) in [7, 11) is 3.46. The molecule has 16 heavy (non-hydrogen) atoms. The van der Waals surface area contributed by atoms with Crippen LogP contribution in [0.1, 0.15) is 17.3 Å². The third kappa shape index (κ3) is 3.70. The second kappa shape index (κ2) is 5.70. The van der Waals surface area contributed by atoms with Crippen molar-refractivity contribution in [3.05, 3.63) is 29.8 Å². The minimum atomic E-state index is 0.0430. The number of ketones is 1. The van der Waals surface area contributed by atoms with E-state index in [9.17, 15) is 9.59 Å². The zero-order valence-corrected chi connectivity index (χ0v) is 10.5. The van der Waals surface area contributed by atoms with E-state index in [-0.39, 0.29) is 11.7 Å². The molecule has 86 valence electrons. The number of amides is 1. The SMILES string of the molecule is CC(=O)c1cccc(SCC(=O)N(C)C)c1. The highest BCUT2D eigenvalue weighted by atomic mass is 32.2. The van der Waals surface area contributed by atoms with Gasteiger partial charge < -0.3 is 4.90 Å². The lowest BCUT2D eigenvalue weighted by Crippen LogP contribution is -2.23. The van der Waals surface area contributed by atoms with Crippen molar-refractivity contribution in [1.29, 1.82) is 0 Å². The fraction of sp³-hybridized carbons (Fsp3) is 0.333. The summed E-state index contributed by atoms with van der Waals surface area (Å²) in [4.78, 5) is 25.0. The van der Waals surface area contributed by atoms with Gasteiger partial charge in [-0.05, 0) is 19.1 Å². The van der Waals surface area contributed by atoms with E-state index in [1.165, 1.54) is 18.7 Å². The van der Waals surface area contributed by atoms with Crippen molar-refractivity contribution in [1.82, 2.24) is 4.90 Å². The van der Waals surface area contributed by atoms with Gasteiger partial charge in [0.2, 0.25) is 5.91 Å². The summed E-state index contributed by atoms with van der Waals surface area (Å²) in [6.07, 6.45) is 0. The van der Waals surface area contributed by atoms with E-state index in [0.29, 0.717) is 11.3 Å². The Labute approximate surface area is 99.8 Å². The molecule has 0 spiro atoms. The van der Waals surface area contributed by atoms with Gasteiger partial charge in [0.15, 0.2) is 5.78 Å². The summed E-state index contributed by atoms with van der Waals surface area (Å²) in [5.74, 6) is 0.508. The van der Waals surface area contributed by atoms with Crippen molar-refractivity contribution in [3.63, 3.8) is 0 Å². The van der Waals surface area contributed by atoms with Crippen molar-refractivity contribution in [3.8, 4) is 0 Å². The zero-order valence-electron chi connectivity index (χ0n) is 9.69. The molecular formula is C12H15NO2S. The molecule has 0 aliphatic carbocycles. The molecule has 0 aliphatic rings. The fourth-order valence-corrected chi connectivity index (χ4v) is 2.01. The summed E-state index contributed by atoms with van der Waals surface area (Å²) in [6, 6.07) is 7.33. The quantitative estimate of drug-likeness (QED) is 0.594. The first-order chi connectivity index (χ1) is 7.50. The summed E-state index contributed by atoms with van der Waals surface area (Å²) < 4.78 is 0. The second-order valence-corrected chi connectivity index (χ2v) is 4.71. The molecule has 4 heteroatoms. The van der Waals surface area contributed by atoms with Gasteiger partial charge in [-0.3, -0.25) is 9.59 Å². The maximum absolute atomic E-state index is 11.4. The van der Waals surface area contributed by atoms with Crippen LogP contribution in [-0.4, -0.2) is 36.4 Å². The van der Waals surface area contributed by atoms with E-state index in [0.717, 1.165) is 4.90 Å². The van der Waals surface area contributed by atoms with Crippen molar-refractivity contribution >= 4 is 23.5 Å². The number of thioether (sulfide) groups is 1. The van der Waals surface area contributed by atoms with E-state index in [4.69, 9.17) is 0 Å². The normalized spacial score (nSPS) is 9.94. The molecule has 0 heterocycles. The Morgan fingerprint density at radius 3 is 2.56 bits per heavy atom. The molecule has 1 aromatic rings. The molecule has 1 aromatic carbocycles. The Balaban J connectivity index is 2.64. The van der Waals surface area contributed by atoms with Crippen LogP contribution in [0.15, 0.2) is 29.2 Å². The van der Waals surface area contributed by atoms with E-state index in [1.807, 2.05) is 18.2 Å². The van der Waals surface area contributed by atoms with Gasteiger partial charge in [-0.1, -0.05) is 12.1 Å². The van der Waals surface area contributed by atoms with Gasteiger partial charge in [-0.2, -0.15) is 0 Å². The highest BCUT2D eigenvalue weighted by molar-refractivity contribution is 8.00. The lowest BCUT2D eigenvalue weighted by Gasteiger charge is -2.09. The molecule has 1 amide bonds. The molecule has 0 saturated heterocycles. The predicted molar refractivity (Wildman–Crippen MR) is 65.9 cm³/mol. The number of benzene rings is 1. The van der Waals surface area contributed by atoms with Crippen molar-refractivity contribution < 1.29 is 9.59 Å². The molecule has 0 fully saturated rings. The van der Waals surface area contributed by atoms with Gasteiger partial charge in [0.25, 0.3) is 0 Å². The molecule has 0 unspecified atom stereocenters. The van der Waals surface area contributed by atoms with Gasteiger partial charge in [0, 0.05) is 24.6 Å². The Morgan fingerprint density at radius 1 is 1.31 bits per heavy atom. The van der Waals surface area contributed by atoms with Gasteiger partial charge in [0.05, 0.1) is 5.75 Å². The average Bonchev–Trinajstić information content (AvgIpc) is 2.26. The average molecular weight is 237 g/mol. The first kappa shape index (κ1) is 12.8. The van der Waals surface area contributed by atoms with Gasteiger partial charge in [0.1, 0.15) is 0 Å². The van der Waals surface area contributed by atoms with Crippen LogP contribution in [0.4, 0.5) is 0 Å². The highest BCUT2D eigenvalue weighted by Gasteiger charge is 2.06. The number of hydrogen-bond acceptors (Lipinski definition) is 3. The van der Waals surface area contributed by atoms with E-state index >= 15 is 0 Å². The highest BCUT2D eigenvalue weighted by Crippen LogP contribution is 2.19. The molecule has 0 aromatic heterocycles. The molecule has 0 saturated carbocycles. The molecule has 1 rings (SSSR count). The Kier molecular flexibility index (Phi) is 4.55. The second-order valence-electron chi connectivity index (χ2n) is 3.66. The van der Waals surface area contributed by atoms with E-state index < -0.39 is 0 Å². The maximum Gasteiger partial charge on any atom is 0.232 e. The first-order valence-electron chi connectivity index (χ1n) is 4.94. The minimum Gasteiger partial charge on any atom is -0.348 e. The Morgan fingerprint density at radius 2 is 2.00 bits per heavy atom. The van der Waals surface area contributed by atoms with Gasteiger partial charge in [-0.15, -0.1) is 11.8 Å². The predicted octanol–water partition coefficient (Wildman–Crippen LogP) is 2.07. The van der Waals surface area contributed by atoms with Crippen molar-refractivity contribution in [2.75, 3.05) is 19.8 Å². The maximum atomic E-state index is 11.4. The van der Waals surface area contributed by atoms with Crippen LogP contribution < -0.4 is 0 Å². The zero-order chi connectivity index (χ0) is 12.1. The van der Waals surface area contributed by atoms with Gasteiger partial charge in [-0.25, -0.2) is 0 Å². The molecule has 0 N–H and O–H groups in total. The third-order valence-corrected chi connectivity index (χ3v) is 3.08. The number of carbonyl (C=O) groups excluding carboxylic acids is 2. The number of hydrogen-bond donors (Lipinski definition) is 0. The lowest BCUT2D eigenvalue weighted by atomic mass is 10.2. The van der Waals surface area contributed by atoms with Crippen LogP contribution in [0.2, 0.25) is 0 Å². The van der Waals surface area contributed by atoms with Crippen LogP contribution in [0, 0.1) is 0 Å². The van der Waals surface area contributed by atoms with Crippen LogP contribution >= 0.6 is 11.8 Å². The number of rotatable bonds is 4. The molecule has 0 atom stereocenters. The topological polar surface area (TPSA) is 37.4 Å². The largest absolute Gasteiger partial charge is 0.348 e. The monoisotopic (exact) mass is 237 g/mol. The van der Waals surface area contributed by atoms with Crippen LogP contribution in [0.25, 0.3) is 0 Å². The van der Waals surface area contributed by atoms with Gasteiger partial charge >= 0.3 is 0 Å². The van der Waals surface area contributed by atoms with Crippen molar-refractivity contribution in [2.45, 2.75) is 11.8 Å². The number of nitrogens with zero attached hydrogens (tertiary/aromatic N) is 1. The first-order valence-corrected chi connectivity index (χ1v) is 5.93. The summed E-state index contributed by atoms with van der Waals surface area (Å²) in [5.41, 5.74) is 0.683. The van der Waals surface area contributed by atoms with Crippen LogP contribution in [0.5, 0.6) is 0 Å². The minimum absolute atomic E-state index is 0.0430. The summed E-state index contributed by atoms with van der Waals surface area (Å²) in [6.45, 7) is 1.54. The van der Waals surface area contributed by atoms with E-state index in [1.54, 1.807) is 25.1 Å². The standard InChI is InChI=1S/C12H15NO2S/c1-9(14)10-5-4-6-11(7-10)16-8-12(15)13(2)3/h4-7H,8H2,1-3H3. The number of carbonyl (C=O) groups is 2. The molecule has 3 nitrogen and oxygen atoms in total. The third-order valence-electron chi connectivity index (χ3n) is 2.10. The smallest absolute Gasteiger partial charge is 0.232 e. The van der Waals surface area contributed by atoms with E-state index in [2.05, 4.69) is 0 Å². The number of Topliss-reactive ketones (excluding diaryl/α,β-unsaturated/α-hetero) is 1. The molecule has 0 radical (unpaired) electrons.